The van der Waals surface area contributed by atoms with E-state index in [9.17, 15) is 0 Å². The van der Waals surface area contributed by atoms with Crippen molar-refractivity contribution in [1.29, 1.82) is 0 Å². The van der Waals surface area contributed by atoms with Gasteiger partial charge in [-0.15, -0.1) is 0 Å². The second-order valence-electron chi connectivity index (χ2n) is 4.48. The highest BCUT2D eigenvalue weighted by atomic mass is 32.2. The Morgan fingerprint density at radius 3 is 3.00 bits per heavy atom. The van der Waals surface area contributed by atoms with Crippen molar-refractivity contribution in [3.63, 3.8) is 0 Å². The third-order valence-corrected chi connectivity index (χ3v) is 4.33. The van der Waals surface area contributed by atoms with Gasteiger partial charge in [0.2, 0.25) is 0 Å². The van der Waals surface area contributed by atoms with Crippen molar-refractivity contribution >= 4 is 11.8 Å². The first-order chi connectivity index (χ1) is 7.95. The van der Waals surface area contributed by atoms with Gasteiger partial charge in [0.25, 0.3) is 0 Å². The van der Waals surface area contributed by atoms with Crippen LogP contribution in [0.3, 0.4) is 0 Å². The van der Waals surface area contributed by atoms with Gasteiger partial charge in [-0.25, -0.2) is 0 Å². The van der Waals surface area contributed by atoms with Crippen LogP contribution < -0.4 is 5.32 Å². The molecule has 1 fully saturated rings. The number of hydrogen-bond donors (Lipinski definition) is 1. The molecule has 0 spiro atoms. The summed E-state index contributed by atoms with van der Waals surface area (Å²) >= 11 is 2.09. The lowest BCUT2D eigenvalue weighted by molar-refractivity contribution is 0.488. The maximum atomic E-state index is 5.25. The fraction of sp³-hybridized carbons (Fsp3) is 0.692. The highest BCUT2D eigenvalue weighted by molar-refractivity contribution is 7.99. The lowest BCUT2D eigenvalue weighted by Gasteiger charge is -2.08. The summed E-state index contributed by atoms with van der Waals surface area (Å²) in [5.41, 5.74) is 0. The van der Waals surface area contributed by atoms with Crippen molar-refractivity contribution in [2.45, 2.75) is 32.2 Å². The minimum atomic E-state index is 0.858. The molecule has 1 aromatic rings. The molecule has 1 heterocycles. The molecule has 0 saturated heterocycles. The third-order valence-electron chi connectivity index (χ3n) is 3.13. The number of rotatable bonds is 7. The molecule has 0 aromatic carbocycles. The first-order valence-corrected chi connectivity index (χ1v) is 7.41. The smallest absolute Gasteiger partial charge is 0.117 e. The Bertz CT molecular complexity index is 267. The zero-order valence-electron chi connectivity index (χ0n) is 9.78. The first-order valence-electron chi connectivity index (χ1n) is 6.26. The molecule has 2 rings (SSSR count). The molecule has 1 aromatic heterocycles. The van der Waals surface area contributed by atoms with Crippen molar-refractivity contribution in [1.82, 2.24) is 5.32 Å². The Hall–Kier alpha value is -0.410. The van der Waals surface area contributed by atoms with Gasteiger partial charge in [-0.05, 0) is 36.6 Å². The van der Waals surface area contributed by atoms with Gasteiger partial charge in [0.05, 0.1) is 12.8 Å². The summed E-state index contributed by atoms with van der Waals surface area (Å²) in [6.45, 7) is 1.94. The summed E-state index contributed by atoms with van der Waals surface area (Å²) in [7, 11) is 0. The van der Waals surface area contributed by atoms with E-state index in [1.54, 1.807) is 6.26 Å². The minimum Gasteiger partial charge on any atom is -0.468 e. The molecule has 1 N–H and O–H groups in total. The molecular formula is C13H21NOS. The molecule has 0 unspecified atom stereocenters. The van der Waals surface area contributed by atoms with Crippen LogP contribution in [-0.4, -0.2) is 18.1 Å². The van der Waals surface area contributed by atoms with Gasteiger partial charge < -0.3 is 9.73 Å². The van der Waals surface area contributed by atoms with Gasteiger partial charge in [-0.1, -0.05) is 12.8 Å². The standard InChI is InChI=1S/C13H21NOS/c1-2-5-12(4-1)11-16-9-7-14-10-13-6-3-8-15-13/h3,6,8,12,14H,1-2,4-5,7,9-11H2. The molecule has 1 aliphatic carbocycles. The van der Waals surface area contributed by atoms with Crippen molar-refractivity contribution in [3.05, 3.63) is 24.2 Å². The van der Waals surface area contributed by atoms with E-state index in [-0.39, 0.29) is 0 Å². The van der Waals surface area contributed by atoms with Crippen LogP contribution in [0.1, 0.15) is 31.4 Å². The maximum Gasteiger partial charge on any atom is 0.117 e. The van der Waals surface area contributed by atoms with Crippen molar-refractivity contribution in [2.75, 3.05) is 18.1 Å². The average molecular weight is 239 g/mol. The zero-order chi connectivity index (χ0) is 11.1. The summed E-state index contributed by atoms with van der Waals surface area (Å²) in [5.74, 6) is 4.62. The predicted octanol–water partition coefficient (Wildman–Crippen LogP) is 3.29. The predicted molar refractivity (Wildman–Crippen MR) is 69.7 cm³/mol. The number of nitrogens with one attached hydrogen (secondary N) is 1. The molecule has 3 heteroatoms. The SMILES string of the molecule is c1coc(CNCCSCC2CCCC2)c1. The third kappa shape index (κ3) is 4.22. The van der Waals surface area contributed by atoms with Gasteiger partial charge in [-0.3, -0.25) is 0 Å². The van der Waals surface area contributed by atoms with Crippen LogP contribution in [-0.2, 0) is 6.54 Å². The van der Waals surface area contributed by atoms with Gasteiger partial charge >= 0.3 is 0 Å². The topological polar surface area (TPSA) is 25.2 Å². The Morgan fingerprint density at radius 1 is 1.38 bits per heavy atom. The summed E-state index contributed by atoms with van der Waals surface area (Å²) in [6, 6.07) is 3.95. The van der Waals surface area contributed by atoms with Crippen LogP contribution in [0.5, 0.6) is 0 Å². The van der Waals surface area contributed by atoms with Crippen LogP contribution in [0.2, 0.25) is 0 Å². The Labute approximate surface area is 102 Å². The summed E-state index contributed by atoms with van der Waals surface area (Å²) in [6.07, 6.45) is 7.58. The molecule has 16 heavy (non-hydrogen) atoms. The maximum absolute atomic E-state index is 5.25. The van der Waals surface area contributed by atoms with Crippen molar-refractivity contribution in [3.8, 4) is 0 Å². The van der Waals surface area contributed by atoms with Gasteiger partial charge in [0, 0.05) is 12.3 Å². The number of hydrogen-bond acceptors (Lipinski definition) is 3. The second kappa shape index (κ2) is 7.02. The van der Waals surface area contributed by atoms with Gasteiger partial charge in [0.1, 0.15) is 5.76 Å². The van der Waals surface area contributed by atoms with E-state index in [1.165, 1.54) is 37.2 Å². The summed E-state index contributed by atoms with van der Waals surface area (Å²) in [4.78, 5) is 0. The normalized spacial score (nSPS) is 17.0. The second-order valence-corrected chi connectivity index (χ2v) is 5.63. The van der Waals surface area contributed by atoms with Crippen molar-refractivity contribution < 1.29 is 4.42 Å². The largest absolute Gasteiger partial charge is 0.468 e. The minimum absolute atomic E-state index is 0.858. The molecule has 1 saturated carbocycles. The Kier molecular flexibility index (Phi) is 5.29. The molecule has 90 valence electrons. The number of thioether (sulfide) groups is 1. The zero-order valence-corrected chi connectivity index (χ0v) is 10.6. The number of furan rings is 1. The molecule has 2 nitrogen and oxygen atoms in total. The van der Waals surface area contributed by atoms with Crippen LogP contribution in [0.4, 0.5) is 0 Å². The molecule has 0 aliphatic heterocycles. The van der Waals surface area contributed by atoms with Crippen LogP contribution >= 0.6 is 11.8 Å². The van der Waals surface area contributed by atoms with E-state index in [0.29, 0.717) is 0 Å². The molecule has 0 bridgehead atoms. The van der Waals surface area contributed by atoms with E-state index in [0.717, 1.165) is 24.8 Å². The molecule has 1 aliphatic rings. The first kappa shape index (κ1) is 12.1. The van der Waals surface area contributed by atoms with E-state index < -0.39 is 0 Å². The van der Waals surface area contributed by atoms with E-state index in [2.05, 4.69) is 17.1 Å². The van der Waals surface area contributed by atoms with Gasteiger partial charge in [0.15, 0.2) is 0 Å². The molecule has 0 radical (unpaired) electrons. The van der Waals surface area contributed by atoms with Crippen LogP contribution in [0, 0.1) is 5.92 Å². The Balaban J connectivity index is 1.43. The highest BCUT2D eigenvalue weighted by Gasteiger charge is 2.14. The molecule has 0 amide bonds. The molecular weight excluding hydrogens is 218 g/mol. The monoisotopic (exact) mass is 239 g/mol. The van der Waals surface area contributed by atoms with E-state index in [1.807, 2.05) is 12.1 Å². The highest BCUT2D eigenvalue weighted by Crippen LogP contribution is 2.27. The Morgan fingerprint density at radius 2 is 2.25 bits per heavy atom. The average Bonchev–Trinajstić information content (AvgIpc) is 2.96. The lowest BCUT2D eigenvalue weighted by atomic mass is 10.1. The lowest BCUT2D eigenvalue weighted by Crippen LogP contribution is -2.16. The van der Waals surface area contributed by atoms with Crippen LogP contribution in [0.15, 0.2) is 22.8 Å². The fourth-order valence-electron chi connectivity index (χ4n) is 2.20. The van der Waals surface area contributed by atoms with Crippen LogP contribution in [0.25, 0.3) is 0 Å². The summed E-state index contributed by atoms with van der Waals surface area (Å²) < 4.78 is 5.25. The summed E-state index contributed by atoms with van der Waals surface area (Å²) in [5, 5.41) is 3.40. The molecule has 0 atom stereocenters. The quantitative estimate of drug-likeness (QED) is 0.739. The van der Waals surface area contributed by atoms with E-state index in [4.69, 9.17) is 4.42 Å². The van der Waals surface area contributed by atoms with Gasteiger partial charge in [-0.2, -0.15) is 11.8 Å². The van der Waals surface area contributed by atoms with E-state index >= 15 is 0 Å². The fourth-order valence-corrected chi connectivity index (χ4v) is 3.32. The van der Waals surface area contributed by atoms with Crippen molar-refractivity contribution in [2.24, 2.45) is 5.92 Å².